The fourth-order valence-electron chi connectivity index (χ4n) is 6.44. The molecule has 0 spiro atoms. The Morgan fingerprint density at radius 1 is 0.931 bits per heavy atom. The van der Waals surface area contributed by atoms with Gasteiger partial charge in [-0.2, -0.15) is 5.26 Å². The van der Waals surface area contributed by atoms with Crippen molar-refractivity contribution in [1.82, 2.24) is 0 Å². The first-order valence-corrected chi connectivity index (χ1v) is 11.0. The van der Waals surface area contributed by atoms with Gasteiger partial charge in [-0.15, -0.1) is 0 Å². The summed E-state index contributed by atoms with van der Waals surface area (Å²) in [6.45, 7) is 0. The van der Waals surface area contributed by atoms with Crippen LogP contribution in [0.1, 0.15) is 44.1 Å². The van der Waals surface area contributed by atoms with Gasteiger partial charge >= 0.3 is 0 Å². The van der Waals surface area contributed by atoms with Crippen molar-refractivity contribution in [3.05, 3.63) is 59.1 Å². The van der Waals surface area contributed by atoms with E-state index >= 15 is 0 Å². The molecule has 4 saturated carbocycles. The van der Waals surface area contributed by atoms with Gasteiger partial charge in [0.2, 0.25) is 5.91 Å². The number of carbonyl (C=O) groups is 1. The van der Waals surface area contributed by atoms with Crippen LogP contribution in [0.4, 0.5) is 11.4 Å². The largest absolute Gasteiger partial charge is 0.281 e. The summed E-state index contributed by atoms with van der Waals surface area (Å²) in [6, 6.07) is 17.6. The molecular formula is C25H25ClN2O. The van der Waals surface area contributed by atoms with Crippen molar-refractivity contribution < 1.29 is 4.79 Å². The molecule has 4 heteroatoms. The van der Waals surface area contributed by atoms with Crippen LogP contribution >= 0.6 is 11.6 Å². The second kappa shape index (κ2) is 7.18. The van der Waals surface area contributed by atoms with Gasteiger partial charge in [0.05, 0.1) is 17.9 Å². The highest BCUT2D eigenvalue weighted by molar-refractivity contribution is 6.30. The standard InChI is InChI=1S/C25H25ClN2O/c26-21-3-7-23(8-4-21)28(22-5-1-17(2-6-22)9-10-27)24(29)25-14-18-11-19(15-25)13-20(12-18)16-25/h1-8,18-20H,9,11-16H2. The number of nitriles is 1. The third-order valence-corrected chi connectivity index (χ3v) is 7.51. The Hall–Kier alpha value is -2.31. The Morgan fingerprint density at radius 3 is 1.90 bits per heavy atom. The van der Waals surface area contributed by atoms with E-state index in [2.05, 4.69) is 6.07 Å². The monoisotopic (exact) mass is 404 g/mol. The van der Waals surface area contributed by atoms with Crippen LogP contribution in [0.2, 0.25) is 5.02 Å². The van der Waals surface area contributed by atoms with Crippen molar-refractivity contribution in [3.8, 4) is 6.07 Å². The minimum atomic E-state index is -0.223. The summed E-state index contributed by atoms with van der Waals surface area (Å²) >= 11 is 6.12. The average molecular weight is 405 g/mol. The van der Waals surface area contributed by atoms with Gasteiger partial charge in [0, 0.05) is 16.4 Å². The zero-order valence-corrected chi connectivity index (χ0v) is 17.2. The van der Waals surface area contributed by atoms with Crippen LogP contribution < -0.4 is 4.90 Å². The van der Waals surface area contributed by atoms with Crippen LogP contribution in [0, 0.1) is 34.5 Å². The van der Waals surface area contributed by atoms with Gasteiger partial charge in [0.1, 0.15) is 0 Å². The fourth-order valence-corrected chi connectivity index (χ4v) is 6.56. The number of benzene rings is 2. The van der Waals surface area contributed by atoms with Crippen LogP contribution in [0.3, 0.4) is 0 Å². The maximum Gasteiger partial charge on any atom is 0.237 e. The molecule has 3 nitrogen and oxygen atoms in total. The van der Waals surface area contributed by atoms with Gasteiger partial charge < -0.3 is 0 Å². The molecule has 0 aliphatic heterocycles. The summed E-state index contributed by atoms with van der Waals surface area (Å²) in [7, 11) is 0. The lowest BCUT2D eigenvalue weighted by atomic mass is 9.49. The SMILES string of the molecule is N#CCc1ccc(N(C(=O)C23CC4CC(CC(C4)C2)C3)c2ccc(Cl)cc2)cc1. The van der Waals surface area contributed by atoms with Crippen LogP contribution in [0.15, 0.2) is 48.5 Å². The molecule has 4 aliphatic carbocycles. The second-order valence-electron chi connectivity index (χ2n) is 9.32. The topological polar surface area (TPSA) is 44.1 Å². The van der Waals surface area contributed by atoms with E-state index in [0.29, 0.717) is 11.4 Å². The van der Waals surface area contributed by atoms with Gasteiger partial charge in [0.15, 0.2) is 0 Å². The maximum atomic E-state index is 14.1. The first kappa shape index (κ1) is 18.7. The van der Waals surface area contributed by atoms with E-state index in [4.69, 9.17) is 16.9 Å². The molecule has 4 aliphatic rings. The van der Waals surface area contributed by atoms with E-state index in [1.807, 2.05) is 53.4 Å². The number of carbonyl (C=O) groups excluding carboxylic acids is 1. The van der Waals surface area contributed by atoms with Crippen LogP contribution in [0.25, 0.3) is 0 Å². The zero-order chi connectivity index (χ0) is 20.0. The Kier molecular flexibility index (Phi) is 4.63. The summed E-state index contributed by atoms with van der Waals surface area (Å²) in [5.74, 6) is 2.40. The highest BCUT2D eigenvalue weighted by Gasteiger charge is 2.55. The Balaban J connectivity index is 1.54. The summed E-state index contributed by atoms with van der Waals surface area (Å²) in [6.07, 6.45) is 7.43. The van der Waals surface area contributed by atoms with E-state index in [1.54, 1.807) is 0 Å². The molecule has 148 valence electrons. The van der Waals surface area contributed by atoms with Gasteiger partial charge in [-0.05, 0) is 98.2 Å². The van der Waals surface area contributed by atoms with Crippen molar-refractivity contribution in [1.29, 1.82) is 5.26 Å². The van der Waals surface area contributed by atoms with E-state index in [0.717, 1.165) is 54.0 Å². The Labute approximate surface area is 177 Å². The Bertz CT molecular complexity index is 923. The molecule has 4 bridgehead atoms. The van der Waals surface area contributed by atoms with Crippen molar-refractivity contribution >= 4 is 28.9 Å². The quantitative estimate of drug-likeness (QED) is 0.601. The molecule has 4 fully saturated rings. The first-order valence-electron chi connectivity index (χ1n) is 10.6. The van der Waals surface area contributed by atoms with Crippen LogP contribution in [-0.2, 0) is 11.2 Å². The molecular weight excluding hydrogens is 380 g/mol. The average Bonchev–Trinajstić information content (AvgIpc) is 2.70. The lowest BCUT2D eigenvalue weighted by Crippen LogP contribution is -2.53. The summed E-state index contributed by atoms with van der Waals surface area (Å²) in [4.78, 5) is 16.0. The molecule has 1 amide bonds. The van der Waals surface area contributed by atoms with Crippen molar-refractivity contribution in [2.45, 2.75) is 44.9 Å². The van der Waals surface area contributed by atoms with E-state index in [-0.39, 0.29) is 11.3 Å². The summed E-state index contributed by atoms with van der Waals surface area (Å²) < 4.78 is 0. The minimum absolute atomic E-state index is 0.223. The predicted molar refractivity (Wildman–Crippen MR) is 115 cm³/mol. The normalized spacial score (nSPS) is 29.4. The van der Waals surface area contributed by atoms with E-state index in [1.165, 1.54) is 19.3 Å². The number of anilines is 2. The first-order chi connectivity index (χ1) is 14.1. The number of hydrogen-bond acceptors (Lipinski definition) is 2. The smallest absolute Gasteiger partial charge is 0.237 e. The van der Waals surface area contributed by atoms with Gasteiger partial charge in [-0.3, -0.25) is 9.69 Å². The van der Waals surface area contributed by atoms with Crippen molar-refractivity contribution in [2.75, 3.05) is 4.90 Å². The number of nitrogens with zero attached hydrogens (tertiary/aromatic N) is 2. The molecule has 6 rings (SSSR count). The molecule has 2 aromatic carbocycles. The van der Waals surface area contributed by atoms with E-state index in [9.17, 15) is 4.79 Å². The molecule has 2 aromatic rings. The highest BCUT2D eigenvalue weighted by Crippen LogP contribution is 2.61. The maximum absolute atomic E-state index is 14.1. The van der Waals surface area contributed by atoms with Gasteiger partial charge in [0.25, 0.3) is 0 Å². The fraction of sp³-hybridized carbons (Fsp3) is 0.440. The number of hydrogen-bond donors (Lipinski definition) is 0. The lowest BCUT2D eigenvalue weighted by Gasteiger charge is -2.56. The molecule has 0 aromatic heterocycles. The summed E-state index contributed by atoms with van der Waals surface area (Å²) in [5.41, 5.74) is 2.48. The van der Waals surface area contributed by atoms with Crippen LogP contribution in [0.5, 0.6) is 0 Å². The molecule has 0 atom stereocenters. The summed E-state index contributed by atoms with van der Waals surface area (Å²) in [5, 5.41) is 9.63. The van der Waals surface area contributed by atoms with E-state index < -0.39 is 0 Å². The Morgan fingerprint density at radius 2 is 1.41 bits per heavy atom. The number of rotatable bonds is 4. The number of halogens is 1. The van der Waals surface area contributed by atoms with Gasteiger partial charge in [-0.25, -0.2) is 0 Å². The highest BCUT2D eigenvalue weighted by atomic mass is 35.5. The third kappa shape index (κ3) is 3.34. The molecule has 0 N–H and O–H groups in total. The van der Waals surface area contributed by atoms with Crippen molar-refractivity contribution in [2.24, 2.45) is 23.2 Å². The molecule has 0 heterocycles. The second-order valence-corrected chi connectivity index (χ2v) is 9.75. The molecule has 0 radical (unpaired) electrons. The molecule has 0 saturated heterocycles. The number of amides is 1. The van der Waals surface area contributed by atoms with Crippen LogP contribution in [-0.4, -0.2) is 5.91 Å². The van der Waals surface area contributed by atoms with Gasteiger partial charge in [-0.1, -0.05) is 23.7 Å². The molecule has 0 unspecified atom stereocenters. The predicted octanol–water partition coefficient (Wildman–Crippen LogP) is 6.29. The lowest BCUT2D eigenvalue weighted by molar-refractivity contribution is -0.142. The third-order valence-electron chi connectivity index (χ3n) is 7.26. The zero-order valence-electron chi connectivity index (χ0n) is 16.5. The minimum Gasteiger partial charge on any atom is -0.281 e. The van der Waals surface area contributed by atoms with Crippen molar-refractivity contribution in [3.63, 3.8) is 0 Å². The molecule has 29 heavy (non-hydrogen) atoms.